The average molecular weight is 281 g/mol. The molecule has 2 aromatic carbocycles. The van der Waals surface area contributed by atoms with Crippen molar-refractivity contribution in [3.05, 3.63) is 60.2 Å². The first-order valence-electron chi connectivity index (χ1n) is 7.23. The van der Waals surface area contributed by atoms with Gasteiger partial charge in [0.1, 0.15) is 0 Å². The molecule has 1 saturated heterocycles. The smallest absolute Gasteiger partial charge is 0.310 e. The summed E-state index contributed by atoms with van der Waals surface area (Å²) in [7, 11) is 1.45. The molecule has 3 rings (SSSR count). The third-order valence-electron chi connectivity index (χ3n) is 4.16. The number of nitrogens with one attached hydrogen (secondary N) is 1. The Hall–Kier alpha value is -2.13. The molecule has 1 aliphatic heterocycles. The van der Waals surface area contributed by atoms with Crippen LogP contribution in [0.3, 0.4) is 0 Å². The van der Waals surface area contributed by atoms with Crippen molar-refractivity contribution in [2.24, 2.45) is 5.92 Å². The molecule has 21 heavy (non-hydrogen) atoms. The molecule has 108 valence electrons. The maximum atomic E-state index is 11.8. The van der Waals surface area contributed by atoms with Gasteiger partial charge in [-0.25, -0.2) is 0 Å². The van der Waals surface area contributed by atoms with E-state index in [0.717, 1.165) is 6.54 Å². The van der Waals surface area contributed by atoms with E-state index in [2.05, 4.69) is 41.7 Å². The van der Waals surface area contributed by atoms with Gasteiger partial charge in [-0.15, -0.1) is 0 Å². The minimum atomic E-state index is -0.128. The van der Waals surface area contributed by atoms with Gasteiger partial charge in [0.05, 0.1) is 13.0 Å². The Morgan fingerprint density at radius 1 is 1.00 bits per heavy atom. The number of hydrogen-bond donors (Lipinski definition) is 1. The highest BCUT2D eigenvalue weighted by Crippen LogP contribution is 2.30. The van der Waals surface area contributed by atoms with Gasteiger partial charge in [0, 0.05) is 19.0 Å². The summed E-state index contributed by atoms with van der Waals surface area (Å²) in [6.07, 6.45) is 0. The van der Waals surface area contributed by atoms with Crippen molar-refractivity contribution in [3.63, 3.8) is 0 Å². The highest BCUT2D eigenvalue weighted by molar-refractivity contribution is 5.74. The Kier molecular flexibility index (Phi) is 4.02. The first-order chi connectivity index (χ1) is 10.3. The van der Waals surface area contributed by atoms with E-state index < -0.39 is 0 Å². The summed E-state index contributed by atoms with van der Waals surface area (Å²) in [5.41, 5.74) is 3.59. The third kappa shape index (κ3) is 2.83. The van der Waals surface area contributed by atoms with Crippen LogP contribution in [0.5, 0.6) is 0 Å². The largest absolute Gasteiger partial charge is 0.469 e. The molecule has 1 fully saturated rings. The van der Waals surface area contributed by atoms with Crippen molar-refractivity contribution in [3.8, 4) is 11.1 Å². The summed E-state index contributed by atoms with van der Waals surface area (Å²) in [5, 5.41) is 3.28. The zero-order chi connectivity index (χ0) is 14.7. The van der Waals surface area contributed by atoms with Crippen LogP contribution in [-0.4, -0.2) is 26.2 Å². The molecule has 2 atom stereocenters. The van der Waals surface area contributed by atoms with Gasteiger partial charge in [-0.2, -0.15) is 0 Å². The fraction of sp³-hybridized carbons (Fsp3) is 0.278. The van der Waals surface area contributed by atoms with Crippen molar-refractivity contribution in [1.29, 1.82) is 0 Å². The lowest BCUT2D eigenvalue weighted by Gasteiger charge is -2.17. The zero-order valence-electron chi connectivity index (χ0n) is 12.1. The van der Waals surface area contributed by atoms with Crippen LogP contribution in [0.15, 0.2) is 54.6 Å². The standard InChI is InChI=1S/C18H19NO2/c1-21-18(20)17-12-19-11-16(17)15-9-7-14(8-10-15)13-5-3-2-4-6-13/h2-10,16-17,19H,11-12H2,1H3. The molecular formula is C18H19NO2. The molecule has 3 nitrogen and oxygen atoms in total. The van der Waals surface area contributed by atoms with Gasteiger partial charge in [-0.3, -0.25) is 4.79 Å². The molecule has 0 aromatic heterocycles. The Bertz CT molecular complexity index is 607. The zero-order valence-corrected chi connectivity index (χ0v) is 12.1. The van der Waals surface area contributed by atoms with Crippen LogP contribution in [0.25, 0.3) is 11.1 Å². The summed E-state index contributed by atoms with van der Waals surface area (Å²) in [6, 6.07) is 18.8. The summed E-state index contributed by atoms with van der Waals surface area (Å²) in [5.74, 6) is -0.0167. The Morgan fingerprint density at radius 3 is 2.33 bits per heavy atom. The topological polar surface area (TPSA) is 38.3 Å². The third-order valence-corrected chi connectivity index (χ3v) is 4.16. The maximum Gasteiger partial charge on any atom is 0.310 e. The summed E-state index contributed by atoms with van der Waals surface area (Å²) in [6.45, 7) is 1.52. The highest BCUT2D eigenvalue weighted by Gasteiger charge is 2.34. The van der Waals surface area contributed by atoms with Gasteiger partial charge in [0.25, 0.3) is 0 Å². The Morgan fingerprint density at radius 2 is 1.67 bits per heavy atom. The predicted octanol–water partition coefficient (Wildman–Crippen LogP) is 2.83. The fourth-order valence-electron chi connectivity index (χ4n) is 2.98. The summed E-state index contributed by atoms with van der Waals surface area (Å²) in [4.78, 5) is 11.8. The second-order valence-corrected chi connectivity index (χ2v) is 5.38. The van der Waals surface area contributed by atoms with E-state index in [1.807, 2.05) is 18.2 Å². The van der Waals surface area contributed by atoms with Crippen LogP contribution >= 0.6 is 0 Å². The average Bonchev–Trinajstić information content (AvgIpc) is 3.05. The fourth-order valence-corrected chi connectivity index (χ4v) is 2.98. The quantitative estimate of drug-likeness (QED) is 0.879. The number of rotatable bonds is 3. The van der Waals surface area contributed by atoms with E-state index in [1.165, 1.54) is 23.8 Å². The van der Waals surface area contributed by atoms with Gasteiger partial charge in [-0.05, 0) is 16.7 Å². The monoisotopic (exact) mass is 281 g/mol. The number of carbonyl (C=O) groups excluding carboxylic acids is 1. The molecule has 1 N–H and O–H groups in total. The van der Waals surface area contributed by atoms with Crippen LogP contribution in [0.2, 0.25) is 0 Å². The molecule has 1 heterocycles. The molecule has 3 heteroatoms. The van der Waals surface area contributed by atoms with Crippen molar-refractivity contribution >= 4 is 5.97 Å². The second-order valence-electron chi connectivity index (χ2n) is 5.38. The van der Waals surface area contributed by atoms with Crippen LogP contribution in [0.4, 0.5) is 0 Å². The van der Waals surface area contributed by atoms with E-state index in [9.17, 15) is 4.79 Å². The number of hydrogen-bond acceptors (Lipinski definition) is 3. The van der Waals surface area contributed by atoms with E-state index in [0.29, 0.717) is 6.54 Å². The van der Waals surface area contributed by atoms with Crippen molar-refractivity contribution in [2.75, 3.05) is 20.2 Å². The summed E-state index contributed by atoms with van der Waals surface area (Å²) < 4.78 is 4.90. The number of ether oxygens (including phenoxy) is 1. The van der Waals surface area contributed by atoms with E-state index in [-0.39, 0.29) is 17.8 Å². The molecule has 2 aromatic rings. The molecule has 0 bridgehead atoms. The number of methoxy groups -OCH3 is 1. The molecule has 1 aliphatic rings. The van der Waals surface area contributed by atoms with E-state index in [4.69, 9.17) is 4.74 Å². The first-order valence-corrected chi connectivity index (χ1v) is 7.23. The SMILES string of the molecule is COC(=O)C1CNCC1c1ccc(-c2ccccc2)cc1. The molecule has 0 amide bonds. The number of esters is 1. The minimum Gasteiger partial charge on any atom is -0.469 e. The van der Waals surface area contributed by atoms with Gasteiger partial charge >= 0.3 is 5.97 Å². The van der Waals surface area contributed by atoms with Crippen LogP contribution in [0.1, 0.15) is 11.5 Å². The lowest BCUT2D eigenvalue weighted by molar-refractivity contribution is -0.145. The van der Waals surface area contributed by atoms with Crippen molar-refractivity contribution < 1.29 is 9.53 Å². The van der Waals surface area contributed by atoms with Gasteiger partial charge in [0.2, 0.25) is 0 Å². The van der Waals surface area contributed by atoms with E-state index in [1.54, 1.807) is 0 Å². The van der Waals surface area contributed by atoms with Crippen LogP contribution < -0.4 is 5.32 Å². The van der Waals surface area contributed by atoms with E-state index >= 15 is 0 Å². The lowest BCUT2D eigenvalue weighted by atomic mass is 9.88. The lowest BCUT2D eigenvalue weighted by Crippen LogP contribution is -2.22. The van der Waals surface area contributed by atoms with Crippen molar-refractivity contribution in [1.82, 2.24) is 5.32 Å². The normalized spacial score (nSPS) is 21.2. The Balaban J connectivity index is 1.82. The predicted molar refractivity (Wildman–Crippen MR) is 83.0 cm³/mol. The highest BCUT2D eigenvalue weighted by atomic mass is 16.5. The molecule has 0 saturated carbocycles. The van der Waals surface area contributed by atoms with Crippen LogP contribution in [-0.2, 0) is 9.53 Å². The first kappa shape index (κ1) is 13.8. The van der Waals surface area contributed by atoms with Crippen LogP contribution in [0, 0.1) is 5.92 Å². The molecule has 0 spiro atoms. The van der Waals surface area contributed by atoms with Crippen molar-refractivity contribution in [2.45, 2.75) is 5.92 Å². The summed E-state index contributed by atoms with van der Waals surface area (Å²) >= 11 is 0. The molecule has 2 unspecified atom stereocenters. The number of benzene rings is 2. The maximum absolute atomic E-state index is 11.8. The number of carbonyl (C=O) groups is 1. The van der Waals surface area contributed by atoms with Gasteiger partial charge in [0.15, 0.2) is 0 Å². The van der Waals surface area contributed by atoms with Gasteiger partial charge < -0.3 is 10.1 Å². The molecule has 0 aliphatic carbocycles. The minimum absolute atomic E-state index is 0.0856. The van der Waals surface area contributed by atoms with Gasteiger partial charge in [-0.1, -0.05) is 54.6 Å². The Labute approximate surface area is 124 Å². The molecule has 0 radical (unpaired) electrons. The molecular weight excluding hydrogens is 262 g/mol. The second kappa shape index (κ2) is 6.10.